The molecule has 1 aliphatic carbocycles. The zero-order valence-electron chi connectivity index (χ0n) is 8.36. The smallest absolute Gasteiger partial charge is 0.260 e. The lowest BCUT2D eigenvalue weighted by atomic mass is 10.1. The minimum Gasteiger partial charge on any atom is -0.260 e. The third-order valence-electron chi connectivity index (χ3n) is 1.96. The number of hydrogen-bond acceptors (Lipinski definition) is 5. The van der Waals surface area contributed by atoms with Crippen LogP contribution < -0.4 is 0 Å². The van der Waals surface area contributed by atoms with Crippen molar-refractivity contribution in [3.8, 4) is 6.07 Å². The first kappa shape index (κ1) is 13.5. The highest BCUT2D eigenvalue weighted by molar-refractivity contribution is 7.87. The number of halogens is 3. The van der Waals surface area contributed by atoms with Crippen LogP contribution in [0.15, 0.2) is 16.8 Å². The number of hydrogen-bond donors (Lipinski definition) is 0. The Morgan fingerprint density at radius 1 is 1.53 bits per heavy atom. The normalized spacial score (nSPS) is 17.5. The summed E-state index contributed by atoms with van der Waals surface area (Å²) in [4.78, 5) is 0. The summed E-state index contributed by atoms with van der Waals surface area (Å²) in [7, 11) is -5.80. The molecule has 0 aliphatic heterocycles. The molecule has 0 aromatic carbocycles. The minimum atomic E-state index is -5.80. The fourth-order valence-electron chi connectivity index (χ4n) is 1.17. The second kappa shape index (κ2) is 4.75. The maximum Gasteiger partial charge on any atom is 0.536 e. The van der Waals surface area contributed by atoms with E-state index in [9.17, 15) is 21.6 Å². The van der Waals surface area contributed by atoms with Crippen molar-refractivity contribution in [1.29, 1.82) is 5.26 Å². The van der Waals surface area contributed by atoms with Crippen molar-refractivity contribution in [3.05, 3.63) is 11.6 Å². The maximum atomic E-state index is 11.9. The van der Waals surface area contributed by atoms with Gasteiger partial charge < -0.3 is 0 Å². The van der Waals surface area contributed by atoms with Crippen molar-refractivity contribution in [1.82, 2.24) is 0 Å². The van der Waals surface area contributed by atoms with Crippen LogP contribution in [-0.2, 0) is 14.4 Å². The monoisotopic (exact) mass is 268 g/mol. The van der Waals surface area contributed by atoms with Gasteiger partial charge in [0.2, 0.25) is 0 Å². The average Bonchev–Trinajstić information content (AvgIpc) is 2.70. The van der Waals surface area contributed by atoms with Gasteiger partial charge >= 0.3 is 15.6 Å². The Labute approximate surface area is 95.3 Å². The molecule has 0 N–H and O–H groups in total. The van der Waals surface area contributed by atoms with Crippen LogP contribution in [0.5, 0.6) is 0 Å². The molecule has 0 spiro atoms. The summed E-state index contributed by atoms with van der Waals surface area (Å²) in [5, 5.41) is 11.4. The van der Waals surface area contributed by atoms with Crippen molar-refractivity contribution < 1.29 is 25.9 Å². The topological polar surface area (TPSA) is 79.5 Å². The number of nitrogens with zero attached hydrogens (tertiary/aromatic N) is 2. The highest BCUT2D eigenvalue weighted by atomic mass is 32.2. The van der Waals surface area contributed by atoms with Gasteiger partial charge in [0.1, 0.15) is 6.07 Å². The molecule has 1 rings (SSSR count). The Hall–Kier alpha value is -1.56. The van der Waals surface area contributed by atoms with Crippen molar-refractivity contribution in [2.45, 2.75) is 24.8 Å². The van der Waals surface area contributed by atoms with Gasteiger partial charge in [0.05, 0.1) is 0 Å². The molecule has 94 valence electrons. The first-order valence-corrected chi connectivity index (χ1v) is 5.86. The highest BCUT2D eigenvalue weighted by Gasteiger charge is 2.49. The summed E-state index contributed by atoms with van der Waals surface area (Å²) < 4.78 is 60.1. The van der Waals surface area contributed by atoms with Crippen LogP contribution in [0.4, 0.5) is 13.2 Å². The maximum absolute atomic E-state index is 11.9. The van der Waals surface area contributed by atoms with Gasteiger partial charge in [0.15, 0.2) is 5.71 Å². The molecular formula is C8H7F3N2O3S. The molecule has 0 aromatic rings. The molecule has 0 saturated heterocycles. The van der Waals surface area contributed by atoms with Crippen molar-refractivity contribution >= 4 is 15.8 Å². The van der Waals surface area contributed by atoms with Crippen molar-refractivity contribution in [3.63, 3.8) is 0 Å². The summed E-state index contributed by atoms with van der Waals surface area (Å²) in [5.74, 6) is 0. The molecule has 9 heteroatoms. The summed E-state index contributed by atoms with van der Waals surface area (Å²) in [6.07, 6.45) is 3.47. The van der Waals surface area contributed by atoms with Gasteiger partial charge in [0.25, 0.3) is 0 Å². The number of allylic oxidation sites excluding steroid dienone is 2. The lowest BCUT2D eigenvalue weighted by Crippen LogP contribution is -2.24. The molecular weight excluding hydrogens is 261 g/mol. The van der Waals surface area contributed by atoms with E-state index >= 15 is 0 Å². The van der Waals surface area contributed by atoms with E-state index in [0.29, 0.717) is 18.4 Å². The van der Waals surface area contributed by atoms with Gasteiger partial charge in [0, 0.05) is 0 Å². The van der Waals surface area contributed by atoms with E-state index in [1.165, 1.54) is 6.07 Å². The number of oxime groups is 1. The molecule has 0 bridgehead atoms. The Kier molecular flexibility index (Phi) is 3.77. The van der Waals surface area contributed by atoms with E-state index in [-0.39, 0.29) is 0 Å². The van der Waals surface area contributed by atoms with Gasteiger partial charge in [-0.15, -0.1) is 0 Å². The van der Waals surface area contributed by atoms with Gasteiger partial charge in [-0.1, -0.05) is 11.2 Å². The predicted molar refractivity (Wildman–Crippen MR) is 51.0 cm³/mol. The molecule has 0 unspecified atom stereocenters. The SMILES string of the molecule is N#CC(=NOS(=O)(=O)C(F)(F)F)C1=CCCC1. The molecule has 0 atom stereocenters. The first-order chi connectivity index (χ1) is 7.78. The Balaban J connectivity index is 2.87. The second-order valence-electron chi connectivity index (χ2n) is 3.15. The lowest BCUT2D eigenvalue weighted by molar-refractivity contribution is -0.0540. The molecule has 0 saturated carbocycles. The Bertz CT molecular complexity index is 499. The standard InChI is InChI=1S/C8H7F3N2O3S/c9-8(10,11)17(14,15)16-13-7(5-12)6-3-1-2-4-6/h3H,1-2,4H2. The van der Waals surface area contributed by atoms with Crippen LogP contribution in [0.2, 0.25) is 0 Å². The molecule has 0 heterocycles. The highest BCUT2D eigenvalue weighted by Crippen LogP contribution is 2.25. The van der Waals surface area contributed by atoms with E-state index in [0.717, 1.165) is 6.42 Å². The largest absolute Gasteiger partial charge is 0.536 e. The van der Waals surface area contributed by atoms with Crippen LogP contribution >= 0.6 is 0 Å². The zero-order chi connectivity index (χ0) is 13.1. The van der Waals surface area contributed by atoms with E-state index in [2.05, 4.69) is 9.44 Å². The molecule has 0 radical (unpaired) electrons. The average molecular weight is 268 g/mol. The van der Waals surface area contributed by atoms with Gasteiger partial charge in [-0.2, -0.15) is 26.9 Å². The first-order valence-electron chi connectivity index (χ1n) is 4.45. The number of rotatable bonds is 3. The van der Waals surface area contributed by atoms with Crippen LogP contribution in [0.3, 0.4) is 0 Å². The molecule has 0 amide bonds. The minimum absolute atomic E-state index is 0.393. The van der Waals surface area contributed by atoms with Gasteiger partial charge in [-0.3, -0.25) is 4.28 Å². The fraction of sp³-hybridized carbons (Fsp3) is 0.500. The van der Waals surface area contributed by atoms with E-state index < -0.39 is 21.3 Å². The zero-order valence-corrected chi connectivity index (χ0v) is 9.18. The number of alkyl halides is 3. The lowest BCUT2D eigenvalue weighted by Gasteiger charge is -2.04. The Morgan fingerprint density at radius 3 is 2.59 bits per heavy atom. The van der Waals surface area contributed by atoms with Crippen LogP contribution in [0, 0.1) is 11.3 Å². The second-order valence-corrected chi connectivity index (χ2v) is 4.67. The van der Waals surface area contributed by atoms with Crippen LogP contribution in [0.1, 0.15) is 19.3 Å². The van der Waals surface area contributed by atoms with Crippen molar-refractivity contribution in [2.24, 2.45) is 5.16 Å². The van der Waals surface area contributed by atoms with Crippen LogP contribution in [0.25, 0.3) is 0 Å². The summed E-state index contributed by atoms with van der Waals surface area (Å²) in [6, 6.07) is 1.49. The summed E-state index contributed by atoms with van der Waals surface area (Å²) in [6.45, 7) is 0. The van der Waals surface area contributed by atoms with E-state index in [4.69, 9.17) is 5.26 Å². The quantitative estimate of drug-likeness (QED) is 0.444. The molecule has 0 aromatic heterocycles. The fourth-order valence-corrected chi connectivity index (χ4v) is 1.42. The predicted octanol–water partition coefficient (Wildman–Crippen LogP) is 1.84. The van der Waals surface area contributed by atoms with Gasteiger partial charge in [-0.05, 0) is 24.8 Å². The Morgan fingerprint density at radius 2 is 2.18 bits per heavy atom. The molecule has 1 aliphatic rings. The molecule has 5 nitrogen and oxygen atoms in total. The third-order valence-corrected chi connectivity index (χ3v) is 2.80. The summed E-state index contributed by atoms with van der Waals surface area (Å²) >= 11 is 0. The van der Waals surface area contributed by atoms with Crippen molar-refractivity contribution in [2.75, 3.05) is 0 Å². The van der Waals surface area contributed by atoms with Crippen LogP contribution in [-0.4, -0.2) is 19.6 Å². The number of nitriles is 1. The van der Waals surface area contributed by atoms with Gasteiger partial charge in [-0.25, -0.2) is 0 Å². The third kappa shape index (κ3) is 3.20. The van der Waals surface area contributed by atoms with E-state index in [1.54, 1.807) is 6.08 Å². The molecule has 17 heavy (non-hydrogen) atoms. The summed E-state index contributed by atoms with van der Waals surface area (Å²) in [5.41, 5.74) is -5.61. The van der Waals surface area contributed by atoms with E-state index in [1.807, 2.05) is 0 Å². The molecule has 0 fully saturated rings.